The van der Waals surface area contributed by atoms with Crippen LogP contribution in [-0.2, 0) is 11.3 Å². The molecule has 0 aliphatic carbocycles. The molecule has 0 spiro atoms. The molecule has 4 aromatic carbocycles. The van der Waals surface area contributed by atoms with E-state index >= 15 is 0 Å². The van der Waals surface area contributed by atoms with Gasteiger partial charge in [0.15, 0.2) is 0 Å². The predicted octanol–water partition coefficient (Wildman–Crippen LogP) is 5.84. The van der Waals surface area contributed by atoms with Gasteiger partial charge in [-0.2, -0.15) is 0 Å². The minimum atomic E-state index is -0.406. The number of carbonyl (C=O) groups is 2. The van der Waals surface area contributed by atoms with Gasteiger partial charge in [-0.3, -0.25) is 9.69 Å². The van der Waals surface area contributed by atoms with Gasteiger partial charge < -0.3 is 9.64 Å². The van der Waals surface area contributed by atoms with Crippen molar-refractivity contribution in [2.45, 2.75) is 12.7 Å². The molecule has 168 valence electrons. The highest BCUT2D eigenvalue weighted by Crippen LogP contribution is 2.42. The van der Waals surface area contributed by atoms with Gasteiger partial charge in [-0.15, -0.1) is 0 Å². The first-order valence-electron chi connectivity index (χ1n) is 11.1. The first-order chi connectivity index (χ1) is 16.7. The van der Waals surface area contributed by atoms with Crippen molar-refractivity contribution in [3.8, 4) is 0 Å². The summed E-state index contributed by atoms with van der Waals surface area (Å²) in [7, 11) is 1.37. The maximum atomic E-state index is 13.8. The number of anilines is 2. The Balaban J connectivity index is 1.69. The van der Waals surface area contributed by atoms with Crippen LogP contribution < -0.4 is 9.80 Å². The van der Waals surface area contributed by atoms with Gasteiger partial charge in [0.05, 0.1) is 23.9 Å². The maximum absolute atomic E-state index is 13.8. The molecule has 1 aliphatic heterocycles. The number of amides is 1. The third kappa shape index (κ3) is 3.92. The van der Waals surface area contributed by atoms with E-state index in [1.165, 1.54) is 7.11 Å². The molecule has 5 heteroatoms. The predicted molar refractivity (Wildman–Crippen MR) is 133 cm³/mol. The molecule has 1 aliphatic rings. The smallest absolute Gasteiger partial charge is 0.337 e. The third-order valence-electron chi connectivity index (χ3n) is 6.06. The first kappa shape index (κ1) is 21.5. The molecule has 5 rings (SSSR count). The van der Waals surface area contributed by atoms with E-state index < -0.39 is 12.1 Å². The number of methoxy groups -OCH3 is 1. The van der Waals surface area contributed by atoms with Crippen LogP contribution in [0.15, 0.2) is 109 Å². The average Bonchev–Trinajstić information content (AvgIpc) is 2.91. The quantitative estimate of drug-likeness (QED) is 0.360. The molecule has 1 heterocycles. The number of fused-ring (bicyclic) bond motifs is 1. The standard InChI is InChI=1S/C29H24N2O3/c1-34-29(33)23-18-16-22(17-19-23)27-30(20-21-10-4-2-5-11-21)26-15-9-8-14-25(26)28(32)31(27)24-12-6-3-7-13-24/h2-19,27H,20H2,1H3/t27-/m0/s1. The second kappa shape index (κ2) is 9.24. The van der Waals surface area contributed by atoms with Gasteiger partial charge in [0.25, 0.3) is 5.91 Å². The fraction of sp³-hybridized carbons (Fsp3) is 0.103. The van der Waals surface area contributed by atoms with Gasteiger partial charge in [-0.1, -0.05) is 72.8 Å². The highest BCUT2D eigenvalue weighted by atomic mass is 16.5. The molecule has 34 heavy (non-hydrogen) atoms. The number of hydrogen-bond acceptors (Lipinski definition) is 4. The van der Waals surface area contributed by atoms with E-state index in [9.17, 15) is 9.59 Å². The van der Waals surface area contributed by atoms with Gasteiger partial charge in [-0.05, 0) is 47.5 Å². The Morgan fingerprint density at radius 3 is 2.09 bits per heavy atom. The van der Waals surface area contributed by atoms with Crippen LogP contribution in [0, 0.1) is 0 Å². The van der Waals surface area contributed by atoms with Gasteiger partial charge in [0, 0.05) is 12.2 Å². The van der Waals surface area contributed by atoms with Gasteiger partial charge >= 0.3 is 5.97 Å². The van der Waals surface area contributed by atoms with E-state index in [2.05, 4.69) is 17.0 Å². The van der Waals surface area contributed by atoms with Gasteiger partial charge in [0.1, 0.15) is 6.17 Å². The Bertz CT molecular complexity index is 1300. The highest BCUT2D eigenvalue weighted by Gasteiger charge is 2.39. The zero-order chi connectivity index (χ0) is 23.5. The monoisotopic (exact) mass is 448 g/mol. The lowest BCUT2D eigenvalue weighted by Crippen LogP contribution is -2.49. The number of ether oxygens (including phenoxy) is 1. The molecule has 1 amide bonds. The topological polar surface area (TPSA) is 49.9 Å². The summed E-state index contributed by atoms with van der Waals surface area (Å²) in [6, 6.07) is 34.9. The number of rotatable bonds is 5. The lowest BCUT2D eigenvalue weighted by Gasteiger charge is -2.46. The Kier molecular flexibility index (Phi) is 5.83. The summed E-state index contributed by atoms with van der Waals surface area (Å²) in [4.78, 5) is 29.9. The van der Waals surface area contributed by atoms with Crippen LogP contribution in [0.2, 0.25) is 0 Å². The molecular formula is C29H24N2O3. The molecule has 0 saturated heterocycles. The summed E-state index contributed by atoms with van der Waals surface area (Å²) in [5.74, 6) is -0.453. The minimum absolute atomic E-state index is 0.0619. The summed E-state index contributed by atoms with van der Waals surface area (Å²) in [5.41, 5.74) is 4.85. The van der Waals surface area contributed by atoms with Gasteiger partial charge in [0.2, 0.25) is 0 Å². The summed E-state index contributed by atoms with van der Waals surface area (Å²) in [5, 5.41) is 0. The zero-order valence-corrected chi connectivity index (χ0v) is 18.8. The number of para-hydroxylation sites is 2. The summed E-state index contributed by atoms with van der Waals surface area (Å²) < 4.78 is 4.86. The summed E-state index contributed by atoms with van der Waals surface area (Å²) in [6.07, 6.45) is -0.406. The van der Waals surface area contributed by atoms with E-state index in [1.807, 2.05) is 89.8 Å². The Hall–Kier alpha value is -4.38. The van der Waals surface area contributed by atoms with E-state index in [-0.39, 0.29) is 5.91 Å². The normalized spacial score (nSPS) is 15.1. The number of esters is 1. The lowest BCUT2D eigenvalue weighted by molar-refractivity contribution is 0.0600. The maximum Gasteiger partial charge on any atom is 0.337 e. The van der Waals surface area contributed by atoms with Crippen LogP contribution in [0.4, 0.5) is 11.4 Å². The molecule has 0 N–H and O–H groups in total. The first-order valence-corrected chi connectivity index (χ1v) is 11.1. The molecule has 0 saturated carbocycles. The molecular weight excluding hydrogens is 424 g/mol. The van der Waals surface area contributed by atoms with Crippen molar-refractivity contribution in [2.75, 3.05) is 16.9 Å². The second-order valence-corrected chi connectivity index (χ2v) is 8.13. The Labute approximate surface area is 198 Å². The number of hydrogen-bond donors (Lipinski definition) is 0. The van der Waals surface area contributed by atoms with E-state index in [0.717, 1.165) is 22.5 Å². The largest absolute Gasteiger partial charge is 0.465 e. The van der Waals surface area contributed by atoms with Crippen LogP contribution in [-0.4, -0.2) is 19.0 Å². The third-order valence-corrected chi connectivity index (χ3v) is 6.06. The molecule has 5 nitrogen and oxygen atoms in total. The molecule has 0 unspecified atom stereocenters. The molecule has 0 aromatic heterocycles. The minimum Gasteiger partial charge on any atom is -0.465 e. The van der Waals surface area contributed by atoms with Crippen LogP contribution in [0.1, 0.15) is 38.0 Å². The van der Waals surface area contributed by atoms with Crippen molar-refractivity contribution >= 4 is 23.3 Å². The lowest BCUT2D eigenvalue weighted by atomic mass is 9.98. The molecule has 4 aromatic rings. The summed E-state index contributed by atoms with van der Waals surface area (Å²) in [6.45, 7) is 0.609. The molecule has 1 atom stereocenters. The van der Waals surface area contributed by atoms with Gasteiger partial charge in [-0.25, -0.2) is 4.79 Å². The summed E-state index contributed by atoms with van der Waals surface area (Å²) >= 11 is 0. The van der Waals surface area contributed by atoms with Crippen LogP contribution >= 0.6 is 0 Å². The van der Waals surface area contributed by atoms with Crippen LogP contribution in [0.5, 0.6) is 0 Å². The fourth-order valence-corrected chi connectivity index (χ4v) is 4.45. The highest BCUT2D eigenvalue weighted by molar-refractivity contribution is 6.12. The second-order valence-electron chi connectivity index (χ2n) is 8.13. The van der Waals surface area contributed by atoms with Crippen molar-refractivity contribution in [3.63, 3.8) is 0 Å². The number of nitrogens with zero attached hydrogens (tertiary/aromatic N) is 2. The van der Waals surface area contributed by atoms with Crippen molar-refractivity contribution < 1.29 is 14.3 Å². The fourth-order valence-electron chi connectivity index (χ4n) is 4.45. The van der Waals surface area contributed by atoms with Crippen molar-refractivity contribution in [2.24, 2.45) is 0 Å². The van der Waals surface area contributed by atoms with E-state index in [4.69, 9.17) is 4.74 Å². The van der Waals surface area contributed by atoms with Crippen molar-refractivity contribution in [1.82, 2.24) is 0 Å². The molecule has 0 fully saturated rings. The molecule has 0 bridgehead atoms. The van der Waals surface area contributed by atoms with Crippen molar-refractivity contribution in [3.05, 3.63) is 131 Å². The van der Waals surface area contributed by atoms with Crippen molar-refractivity contribution in [1.29, 1.82) is 0 Å². The Morgan fingerprint density at radius 1 is 0.794 bits per heavy atom. The zero-order valence-electron chi connectivity index (χ0n) is 18.8. The van der Waals surface area contributed by atoms with E-state index in [0.29, 0.717) is 17.7 Å². The number of carbonyl (C=O) groups excluding carboxylic acids is 2. The van der Waals surface area contributed by atoms with Crippen LogP contribution in [0.25, 0.3) is 0 Å². The number of benzene rings is 4. The van der Waals surface area contributed by atoms with Crippen LogP contribution in [0.3, 0.4) is 0 Å². The average molecular weight is 449 g/mol. The molecule has 0 radical (unpaired) electrons. The van der Waals surface area contributed by atoms with E-state index in [1.54, 1.807) is 12.1 Å². The SMILES string of the molecule is COC(=O)c1ccc([C@H]2N(Cc3ccccc3)c3ccccc3C(=O)N2c2ccccc2)cc1. The Morgan fingerprint density at radius 2 is 1.41 bits per heavy atom.